The third-order valence-corrected chi connectivity index (χ3v) is 9.21. The summed E-state index contributed by atoms with van der Waals surface area (Å²) in [5, 5.41) is 14.9. The minimum atomic E-state index is -4.17. The fraction of sp³-hybridized carbons (Fsp3) is 0.621. The van der Waals surface area contributed by atoms with E-state index in [0.29, 0.717) is 37.1 Å². The summed E-state index contributed by atoms with van der Waals surface area (Å²) in [6.45, 7) is -0.107. The van der Waals surface area contributed by atoms with Gasteiger partial charge in [-0.05, 0) is 78.8 Å². The van der Waals surface area contributed by atoms with Crippen molar-refractivity contribution in [1.82, 2.24) is 5.32 Å². The third kappa shape index (κ3) is 5.18. The van der Waals surface area contributed by atoms with E-state index in [1.807, 2.05) is 24.3 Å². The summed E-state index contributed by atoms with van der Waals surface area (Å²) < 4.78 is 59.0. The van der Waals surface area contributed by atoms with Gasteiger partial charge in [-0.1, -0.05) is 37.5 Å². The van der Waals surface area contributed by atoms with E-state index in [1.165, 1.54) is 6.42 Å². The fourth-order valence-corrected chi connectivity index (χ4v) is 7.04. The first-order valence-electron chi connectivity index (χ1n) is 13.5. The molecule has 0 heterocycles. The first kappa shape index (κ1) is 26.3. The number of hydrogen-bond donors (Lipinski definition) is 2. The van der Waals surface area contributed by atoms with Crippen LogP contribution in [0.2, 0.25) is 0 Å². The molecule has 3 aliphatic carbocycles. The van der Waals surface area contributed by atoms with E-state index >= 15 is 0 Å². The van der Waals surface area contributed by atoms with Crippen LogP contribution in [-0.4, -0.2) is 29.4 Å². The highest BCUT2D eigenvalue weighted by molar-refractivity contribution is 5.88. The van der Waals surface area contributed by atoms with Gasteiger partial charge in [-0.25, -0.2) is 4.39 Å². The number of aliphatic carboxylic acids is 1. The highest BCUT2D eigenvalue weighted by Crippen LogP contribution is 2.56. The van der Waals surface area contributed by atoms with Crippen LogP contribution in [0, 0.1) is 17.3 Å². The maximum Gasteiger partial charge on any atom is 0.391 e. The molecule has 4 nitrogen and oxygen atoms in total. The highest BCUT2D eigenvalue weighted by Gasteiger charge is 2.57. The van der Waals surface area contributed by atoms with Crippen molar-refractivity contribution in [1.29, 1.82) is 0 Å². The van der Waals surface area contributed by atoms with E-state index in [9.17, 15) is 27.5 Å². The summed E-state index contributed by atoms with van der Waals surface area (Å²) in [5.74, 6) is -1.82. The van der Waals surface area contributed by atoms with Gasteiger partial charge in [0.05, 0.1) is 17.9 Å². The van der Waals surface area contributed by atoms with Gasteiger partial charge < -0.3 is 15.2 Å². The standard InChI is InChI=1S/C29H35F4NO3/c30-16-23-22-10-4-18(17-34-26-15-24(27(35)36)28(26)12-2-1-3-13-28)14-19(22)5-11-25(23)37-21-8-6-20(7-9-21)29(31,32)33/h4-5,10-11,14,20-21,24,26,34H,1-3,6-9,12-13,15-17H2,(H,35,36)/t20-,21+,24?,26?. The second-order valence-electron chi connectivity index (χ2n) is 11.2. The van der Waals surface area contributed by atoms with Gasteiger partial charge in [0.1, 0.15) is 12.4 Å². The fourth-order valence-electron chi connectivity index (χ4n) is 7.04. The van der Waals surface area contributed by atoms with Crippen molar-refractivity contribution in [3.05, 3.63) is 41.5 Å². The number of carbonyl (C=O) groups is 1. The molecule has 2 aromatic carbocycles. The minimum absolute atomic E-state index is 0.0402. The number of ether oxygens (including phenoxy) is 1. The predicted molar refractivity (Wildman–Crippen MR) is 133 cm³/mol. The number of alkyl halides is 4. The van der Waals surface area contributed by atoms with Crippen LogP contribution in [0.4, 0.5) is 17.6 Å². The van der Waals surface area contributed by atoms with Crippen molar-refractivity contribution >= 4 is 16.7 Å². The van der Waals surface area contributed by atoms with Crippen molar-refractivity contribution < 1.29 is 32.2 Å². The van der Waals surface area contributed by atoms with Gasteiger partial charge in [0.15, 0.2) is 0 Å². The van der Waals surface area contributed by atoms with Crippen molar-refractivity contribution in [3.63, 3.8) is 0 Å². The highest BCUT2D eigenvalue weighted by atomic mass is 19.4. The smallest absolute Gasteiger partial charge is 0.391 e. The molecule has 2 N–H and O–H groups in total. The molecule has 0 bridgehead atoms. The lowest BCUT2D eigenvalue weighted by molar-refractivity contribution is -0.185. The van der Waals surface area contributed by atoms with Crippen LogP contribution in [0.15, 0.2) is 30.3 Å². The number of fused-ring (bicyclic) bond motifs is 1. The third-order valence-electron chi connectivity index (χ3n) is 9.21. The molecule has 37 heavy (non-hydrogen) atoms. The van der Waals surface area contributed by atoms with Crippen LogP contribution in [0.5, 0.6) is 5.75 Å². The summed E-state index contributed by atoms with van der Waals surface area (Å²) in [7, 11) is 0. The van der Waals surface area contributed by atoms with E-state index in [1.54, 1.807) is 6.07 Å². The van der Waals surface area contributed by atoms with E-state index in [0.717, 1.165) is 42.0 Å². The lowest BCUT2D eigenvalue weighted by atomic mass is 9.50. The molecule has 8 heteroatoms. The van der Waals surface area contributed by atoms with Gasteiger partial charge in [-0.2, -0.15) is 13.2 Å². The molecule has 3 fully saturated rings. The molecule has 2 aromatic rings. The Bertz CT molecular complexity index is 1120. The average molecular weight is 522 g/mol. The van der Waals surface area contributed by atoms with Gasteiger partial charge in [-0.15, -0.1) is 0 Å². The second-order valence-corrected chi connectivity index (χ2v) is 11.2. The normalized spacial score (nSPS) is 27.7. The van der Waals surface area contributed by atoms with E-state index < -0.39 is 24.7 Å². The first-order valence-corrected chi connectivity index (χ1v) is 13.5. The van der Waals surface area contributed by atoms with Crippen LogP contribution in [-0.2, 0) is 18.0 Å². The monoisotopic (exact) mass is 521 g/mol. The molecule has 3 saturated carbocycles. The molecule has 0 radical (unpaired) electrons. The Kier molecular flexibility index (Phi) is 7.40. The molecule has 2 atom stereocenters. The SMILES string of the molecule is O=C(O)C1CC(NCc2ccc3c(CF)c(O[C@H]4CC[C@@H](C(F)(F)F)CC4)ccc3c2)C12CCCCC2. The Morgan fingerprint density at radius 3 is 2.43 bits per heavy atom. The molecule has 0 aromatic heterocycles. The molecule has 0 aliphatic heterocycles. The van der Waals surface area contributed by atoms with Gasteiger partial charge in [0.2, 0.25) is 0 Å². The minimum Gasteiger partial charge on any atom is -0.490 e. The maximum atomic E-state index is 14.1. The summed E-state index contributed by atoms with van der Waals surface area (Å²) >= 11 is 0. The Hall–Kier alpha value is -2.35. The van der Waals surface area contributed by atoms with Gasteiger partial charge in [0, 0.05) is 18.2 Å². The number of carboxylic acids is 1. The number of nitrogens with one attached hydrogen (secondary N) is 1. The number of halogens is 4. The number of hydrogen-bond acceptors (Lipinski definition) is 3. The Morgan fingerprint density at radius 2 is 1.78 bits per heavy atom. The molecule has 5 rings (SSSR count). The molecule has 0 amide bonds. The lowest BCUT2D eigenvalue weighted by Gasteiger charge is -2.56. The quantitative estimate of drug-likeness (QED) is 0.375. The Morgan fingerprint density at radius 1 is 1.05 bits per heavy atom. The zero-order valence-corrected chi connectivity index (χ0v) is 21.0. The van der Waals surface area contributed by atoms with Crippen LogP contribution < -0.4 is 10.1 Å². The molecule has 3 aliphatic rings. The van der Waals surface area contributed by atoms with Crippen molar-refractivity contribution in [2.45, 2.75) is 95.7 Å². The van der Waals surface area contributed by atoms with E-state index in [-0.39, 0.29) is 36.3 Å². The summed E-state index contributed by atoms with van der Waals surface area (Å²) in [4.78, 5) is 11.8. The molecular formula is C29H35F4NO3. The van der Waals surface area contributed by atoms with Gasteiger partial charge in [-0.3, -0.25) is 4.79 Å². The summed E-state index contributed by atoms with van der Waals surface area (Å²) in [6, 6.07) is 9.64. The predicted octanol–water partition coefficient (Wildman–Crippen LogP) is 7.32. The van der Waals surface area contributed by atoms with Crippen LogP contribution in [0.25, 0.3) is 10.8 Å². The van der Waals surface area contributed by atoms with Crippen molar-refractivity contribution in [3.8, 4) is 5.75 Å². The van der Waals surface area contributed by atoms with Crippen molar-refractivity contribution in [2.75, 3.05) is 0 Å². The molecule has 1 spiro atoms. The molecule has 0 saturated heterocycles. The van der Waals surface area contributed by atoms with Gasteiger partial charge in [0.25, 0.3) is 0 Å². The summed E-state index contributed by atoms with van der Waals surface area (Å²) in [5.41, 5.74) is 1.33. The van der Waals surface area contributed by atoms with Crippen LogP contribution >= 0.6 is 0 Å². The number of benzene rings is 2. The Labute approximate surface area is 214 Å². The average Bonchev–Trinajstić information content (AvgIpc) is 2.88. The van der Waals surface area contributed by atoms with Crippen LogP contribution in [0.1, 0.15) is 75.3 Å². The maximum absolute atomic E-state index is 14.1. The summed E-state index contributed by atoms with van der Waals surface area (Å²) in [6.07, 6.45) is 2.09. The van der Waals surface area contributed by atoms with E-state index in [2.05, 4.69) is 5.32 Å². The first-order chi connectivity index (χ1) is 17.7. The van der Waals surface area contributed by atoms with Crippen LogP contribution in [0.3, 0.4) is 0 Å². The van der Waals surface area contributed by atoms with E-state index in [4.69, 9.17) is 4.74 Å². The number of carboxylic acid groups (broad SMARTS) is 1. The molecule has 2 unspecified atom stereocenters. The number of rotatable bonds is 7. The molecular weight excluding hydrogens is 486 g/mol. The molecule has 202 valence electrons. The van der Waals surface area contributed by atoms with Gasteiger partial charge >= 0.3 is 12.1 Å². The largest absolute Gasteiger partial charge is 0.490 e. The topological polar surface area (TPSA) is 58.6 Å². The van der Waals surface area contributed by atoms with Crippen molar-refractivity contribution in [2.24, 2.45) is 17.3 Å². The second kappa shape index (κ2) is 10.4. The Balaban J connectivity index is 1.25. The zero-order valence-electron chi connectivity index (χ0n) is 21.0. The zero-order chi connectivity index (χ0) is 26.2. The lowest BCUT2D eigenvalue weighted by Crippen LogP contribution is -2.62.